The van der Waals surface area contributed by atoms with Gasteiger partial charge >= 0.3 is 0 Å². The van der Waals surface area contributed by atoms with Gasteiger partial charge in [0.05, 0.1) is 19.6 Å². The van der Waals surface area contributed by atoms with Gasteiger partial charge in [-0.25, -0.2) is 9.97 Å². The predicted octanol–water partition coefficient (Wildman–Crippen LogP) is 4.96. The molecule has 0 N–H and O–H groups in total. The van der Waals surface area contributed by atoms with Crippen molar-refractivity contribution in [2.24, 2.45) is 5.92 Å². The van der Waals surface area contributed by atoms with Gasteiger partial charge in [0.2, 0.25) is 5.71 Å². The summed E-state index contributed by atoms with van der Waals surface area (Å²) in [5.74, 6) is 3.92. The van der Waals surface area contributed by atoms with Gasteiger partial charge in [-0.3, -0.25) is 0 Å². The molecule has 7 heteroatoms. The molecular formula is C27H30N4O3. The van der Waals surface area contributed by atoms with Crippen molar-refractivity contribution in [1.82, 2.24) is 14.9 Å². The van der Waals surface area contributed by atoms with Crippen molar-refractivity contribution in [3.63, 3.8) is 0 Å². The molecule has 176 valence electrons. The monoisotopic (exact) mass is 458 g/mol. The van der Waals surface area contributed by atoms with Gasteiger partial charge in [0.1, 0.15) is 29.4 Å². The highest BCUT2D eigenvalue weighted by molar-refractivity contribution is 6.06. The summed E-state index contributed by atoms with van der Waals surface area (Å²) in [6.07, 6.45) is 2.75. The summed E-state index contributed by atoms with van der Waals surface area (Å²) >= 11 is 0. The zero-order valence-corrected chi connectivity index (χ0v) is 20.1. The third-order valence-corrected chi connectivity index (χ3v) is 6.41. The molecule has 1 saturated heterocycles. The summed E-state index contributed by atoms with van der Waals surface area (Å²) in [4.78, 5) is 13.9. The molecule has 2 aromatic carbocycles. The number of hydrogen-bond acceptors (Lipinski definition) is 7. The molecule has 2 aromatic heterocycles. The number of ether oxygens (including phenoxy) is 2. The van der Waals surface area contributed by atoms with Crippen LogP contribution in [0.2, 0.25) is 0 Å². The Kier molecular flexibility index (Phi) is 6.11. The zero-order valence-electron chi connectivity index (χ0n) is 20.1. The van der Waals surface area contributed by atoms with Crippen LogP contribution in [0.15, 0.2) is 59.3 Å². The Morgan fingerprint density at radius 1 is 0.941 bits per heavy atom. The van der Waals surface area contributed by atoms with Gasteiger partial charge in [0.15, 0.2) is 0 Å². The topological polar surface area (TPSA) is 63.9 Å². The van der Waals surface area contributed by atoms with Gasteiger partial charge in [-0.05, 0) is 68.4 Å². The highest BCUT2D eigenvalue weighted by atomic mass is 16.5. The van der Waals surface area contributed by atoms with Crippen molar-refractivity contribution in [3.05, 3.63) is 54.9 Å². The fraction of sp³-hybridized carbons (Fsp3) is 0.333. The maximum absolute atomic E-state index is 6.40. The second kappa shape index (κ2) is 9.35. The number of rotatable bonds is 7. The minimum atomic E-state index is 0.595. The number of aromatic nitrogens is 2. The van der Waals surface area contributed by atoms with Crippen LogP contribution in [0, 0.1) is 5.92 Å². The van der Waals surface area contributed by atoms with Gasteiger partial charge in [-0.2, -0.15) is 0 Å². The number of nitrogens with zero attached hydrogens (tertiary/aromatic N) is 4. The smallest absolute Gasteiger partial charge is 0.232 e. The van der Waals surface area contributed by atoms with Crippen LogP contribution in [-0.2, 0) is 0 Å². The van der Waals surface area contributed by atoms with Crippen LogP contribution in [-0.4, -0.2) is 62.8 Å². The first-order valence-electron chi connectivity index (χ1n) is 11.5. The van der Waals surface area contributed by atoms with Gasteiger partial charge in [-0.1, -0.05) is 12.1 Å². The van der Waals surface area contributed by atoms with Crippen LogP contribution in [0.1, 0.15) is 6.42 Å². The maximum atomic E-state index is 6.40. The number of methoxy groups -OCH3 is 2. The Bertz CT molecular complexity index is 1270. The molecule has 0 spiro atoms. The third-order valence-electron chi connectivity index (χ3n) is 6.41. The number of hydrogen-bond donors (Lipinski definition) is 0. The van der Waals surface area contributed by atoms with Gasteiger partial charge in [0, 0.05) is 30.8 Å². The highest BCUT2D eigenvalue weighted by Crippen LogP contribution is 2.44. The lowest BCUT2D eigenvalue weighted by Crippen LogP contribution is -2.26. The van der Waals surface area contributed by atoms with Crippen molar-refractivity contribution in [3.8, 4) is 33.9 Å². The van der Waals surface area contributed by atoms with E-state index in [9.17, 15) is 0 Å². The minimum Gasteiger partial charge on any atom is -0.497 e. The summed E-state index contributed by atoms with van der Waals surface area (Å²) in [6, 6.07) is 16.0. The molecule has 7 nitrogen and oxygen atoms in total. The maximum Gasteiger partial charge on any atom is 0.232 e. The van der Waals surface area contributed by atoms with Crippen LogP contribution in [0.25, 0.3) is 33.6 Å². The molecule has 5 rings (SSSR count). The lowest BCUT2D eigenvalue weighted by molar-refractivity contribution is 0.340. The summed E-state index contributed by atoms with van der Waals surface area (Å²) < 4.78 is 17.1. The third kappa shape index (κ3) is 4.19. The van der Waals surface area contributed by atoms with Gasteiger partial charge < -0.3 is 23.7 Å². The average molecular weight is 459 g/mol. The van der Waals surface area contributed by atoms with Crippen molar-refractivity contribution >= 4 is 16.9 Å². The molecular weight excluding hydrogens is 428 g/mol. The number of benzene rings is 2. The fourth-order valence-corrected chi connectivity index (χ4v) is 4.83. The molecule has 1 aliphatic heterocycles. The molecule has 3 heterocycles. The Labute approximate surface area is 199 Å². The van der Waals surface area contributed by atoms with Crippen molar-refractivity contribution in [1.29, 1.82) is 0 Å². The van der Waals surface area contributed by atoms with E-state index < -0.39 is 0 Å². The first-order valence-corrected chi connectivity index (χ1v) is 11.5. The first-order chi connectivity index (χ1) is 16.6. The Hall–Kier alpha value is -3.58. The van der Waals surface area contributed by atoms with E-state index in [0.717, 1.165) is 71.2 Å². The normalized spacial score (nSPS) is 15.9. The van der Waals surface area contributed by atoms with E-state index in [1.165, 1.54) is 0 Å². The van der Waals surface area contributed by atoms with E-state index in [-0.39, 0.29) is 0 Å². The largest absolute Gasteiger partial charge is 0.497 e. The van der Waals surface area contributed by atoms with Crippen molar-refractivity contribution in [2.45, 2.75) is 6.42 Å². The van der Waals surface area contributed by atoms with Gasteiger partial charge in [0.25, 0.3) is 0 Å². The van der Waals surface area contributed by atoms with E-state index in [1.54, 1.807) is 20.5 Å². The Morgan fingerprint density at radius 3 is 2.21 bits per heavy atom. The standard InChI is InChI=1S/C27H30N4O3/c1-30(2)15-18-13-14-31(16-18)26-24-23(19-5-9-21(32-3)10-6-19)25(34-27(24)29-17-28-26)20-7-11-22(33-4)12-8-20/h5-12,17-18H,13-16H2,1-4H3. The lowest BCUT2D eigenvalue weighted by atomic mass is 9.99. The van der Waals surface area contributed by atoms with Crippen LogP contribution in [0.4, 0.5) is 5.82 Å². The van der Waals surface area contributed by atoms with E-state index in [0.29, 0.717) is 11.6 Å². The number of anilines is 1. The molecule has 0 aliphatic carbocycles. The molecule has 1 atom stereocenters. The van der Waals surface area contributed by atoms with E-state index >= 15 is 0 Å². The lowest BCUT2D eigenvalue weighted by Gasteiger charge is -2.20. The minimum absolute atomic E-state index is 0.595. The molecule has 0 amide bonds. The fourth-order valence-electron chi connectivity index (χ4n) is 4.83. The quantitative estimate of drug-likeness (QED) is 0.388. The molecule has 34 heavy (non-hydrogen) atoms. The molecule has 0 saturated carbocycles. The molecule has 1 fully saturated rings. The average Bonchev–Trinajstić information content (AvgIpc) is 3.48. The summed E-state index contributed by atoms with van der Waals surface area (Å²) in [5, 5.41) is 0.948. The first kappa shape index (κ1) is 22.2. The summed E-state index contributed by atoms with van der Waals surface area (Å²) in [5.41, 5.74) is 3.58. The Balaban J connectivity index is 1.67. The van der Waals surface area contributed by atoms with Crippen molar-refractivity contribution in [2.75, 3.05) is 52.8 Å². The van der Waals surface area contributed by atoms with E-state index in [1.807, 2.05) is 36.4 Å². The summed E-state index contributed by atoms with van der Waals surface area (Å²) in [6.45, 7) is 3.00. The number of furan rings is 1. The van der Waals surface area contributed by atoms with Crippen LogP contribution in [0.5, 0.6) is 11.5 Å². The van der Waals surface area contributed by atoms with Crippen LogP contribution >= 0.6 is 0 Å². The molecule has 4 aromatic rings. The predicted molar refractivity (Wildman–Crippen MR) is 135 cm³/mol. The van der Waals surface area contributed by atoms with Crippen molar-refractivity contribution < 1.29 is 13.9 Å². The molecule has 1 aliphatic rings. The summed E-state index contributed by atoms with van der Waals surface area (Å²) in [7, 11) is 7.60. The highest BCUT2D eigenvalue weighted by Gasteiger charge is 2.29. The molecule has 0 bridgehead atoms. The van der Waals surface area contributed by atoms with Crippen LogP contribution in [0.3, 0.4) is 0 Å². The van der Waals surface area contributed by atoms with E-state index in [2.05, 4.69) is 41.0 Å². The number of fused-ring (bicyclic) bond motifs is 1. The zero-order chi connectivity index (χ0) is 23.7. The van der Waals surface area contributed by atoms with E-state index in [4.69, 9.17) is 18.9 Å². The second-order valence-electron chi connectivity index (χ2n) is 9.00. The molecule has 1 unspecified atom stereocenters. The SMILES string of the molecule is COc1ccc(-c2oc3ncnc(N4CCC(CN(C)C)C4)c3c2-c2ccc(OC)cc2)cc1. The van der Waals surface area contributed by atoms with Gasteiger partial charge in [-0.15, -0.1) is 0 Å². The Morgan fingerprint density at radius 2 is 1.59 bits per heavy atom. The van der Waals surface area contributed by atoms with Crippen LogP contribution < -0.4 is 14.4 Å². The molecule has 0 radical (unpaired) electrons. The second-order valence-corrected chi connectivity index (χ2v) is 9.00.